The zero-order valence-corrected chi connectivity index (χ0v) is 10.1. The molecule has 0 amide bonds. The third-order valence-electron chi connectivity index (χ3n) is 3.07. The molecular weight excluding hydrogens is 214 g/mol. The number of hydrogen-bond acceptors (Lipinski definition) is 2. The van der Waals surface area contributed by atoms with E-state index >= 15 is 0 Å². The van der Waals surface area contributed by atoms with E-state index in [0.29, 0.717) is 5.56 Å². The van der Waals surface area contributed by atoms with Crippen molar-refractivity contribution < 1.29 is 10.2 Å². The van der Waals surface area contributed by atoms with Gasteiger partial charge in [-0.05, 0) is 25.5 Å². The van der Waals surface area contributed by atoms with Crippen molar-refractivity contribution in [1.29, 1.82) is 0 Å². The summed E-state index contributed by atoms with van der Waals surface area (Å²) in [5.41, 5.74) is 3.59. The Morgan fingerprint density at radius 3 is 2.35 bits per heavy atom. The van der Waals surface area contributed by atoms with Crippen LogP contribution in [0.1, 0.15) is 24.5 Å². The van der Waals surface area contributed by atoms with Crippen LogP contribution in [0, 0.1) is 6.92 Å². The fourth-order valence-corrected chi connectivity index (χ4v) is 2.18. The molecule has 3 nitrogen and oxygen atoms in total. The van der Waals surface area contributed by atoms with Crippen LogP contribution in [0.3, 0.4) is 0 Å². The molecule has 17 heavy (non-hydrogen) atoms. The first kappa shape index (κ1) is 11.9. The van der Waals surface area contributed by atoms with Crippen LogP contribution in [0.4, 0.5) is 0 Å². The van der Waals surface area contributed by atoms with E-state index in [-0.39, 0.29) is 0 Å². The van der Waals surface area contributed by atoms with Gasteiger partial charge in [0.1, 0.15) is 0 Å². The molecule has 0 aliphatic heterocycles. The van der Waals surface area contributed by atoms with Crippen molar-refractivity contribution in [3.8, 4) is 11.3 Å². The lowest BCUT2D eigenvalue weighted by Crippen LogP contribution is -2.01. The topological polar surface area (TPSA) is 45.4 Å². The molecule has 2 aromatic rings. The van der Waals surface area contributed by atoms with Crippen molar-refractivity contribution in [3.63, 3.8) is 0 Å². The van der Waals surface area contributed by atoms with E-state index in [4.69, 9.17) is 0 Å². The molecule has 0 spiro atoms. The lowest BCUT2D eigenvalue weighted by molar-refractivity contribution is -0.0429. The van der Waals surface area contributed by atoms with Crippen LogP contribution in [-0.4, -0.2) is 14.8 Å². The zero-order chi connectivity index (χ0) is 12.4. The van der Waals surface area contributed by atoms with Crippen molar-refractivity contribution in [1.82, 2.24) is 4.57 Å². The summed E-state index contributed by atoms with van der Waals surface area (Å²) >= 11 is 0. The number of aliphatic hydroxyl groups excluding tert-OH is 1. The minimum atomic E-state index is -1.41. The van der Waals surface area contributed by atoms with Gasteiger partial charge in [-0.3, -0.25) is 0 Å². The van der Waals surface area contributed by atoms with Crippen LogP contribution in [0.15, 0.2) is 36.4 Å². The van der Waals surface area contributed by atoms with Gasteiger partial charge in [-0.25, -0.2) is 0 Å². The summed E-state index contributed by atoms with van der Waals surface area (Å²) < 4.78 is 2.09. The molecular formula is C14H17NO2. The predicted octanol–water partition coefficient (Wildman–Crippen LogP) is 2.47. The summed E-state index contributed by atoms with van der Waals surface area (Å²) in [6.07, 6.45) is -1.41. The van der Waals surface area contributed by atoms with Crippen LogP contribution in [0.25, 0.3) is 11.3 Å². The first-order valence-electron chi connectivity index (χ1n) is 5.76. The Balaban J connectivity index is 2.58. The van der Waals surface area contributed by atoms with Gasteiger partial charge in [0.05, 0.1) is 0 Å². The Morgan fingerprint density at radius 2 is 1.82 bits per heavy atom. The molecule has 0 saturated carbocycles. The molecule has 2 N–H and O–H groups in total. The van der Waals surface area contributed by atoms with Crippen LogP contribution >= 0.6 is 0 Å². The first-order chi connectivity index (χ1) is 8.15. The van der Waals surface area contributed by atoms with E-state index in [1.807, 2.05) is 50.2 Å². The highest BCUT2D eigenvalue weighted by Gasteiger charge is 2.15. The van der Waals surface area contributed by atoms with Gasteiger partial charge in [-0.15, -0.1) is 0 Å². The monoisotopic (exact) mass is 231 g/mol. The molecule has 0 radical (unpaired) electrons. The molecule has 1 aromatic carbocycles. The molecule has 2 rings (SSSR count). The highest BCUT2D eigenvalue weighted by molar-refractivity contribution is 5.62. The van der Waals surface area contributed by atoms with Gasteiger partial charge >= 0.3 is 0 Å². The Bertz CT molecular complexity index is 500. The van der Waals surface area contributed by atoms with Crippen molar-refractivity contribution in [2.75, 3.05) is 0 Å². The minimum Gasteiger partial charge on any atom is -0.364 e. The van der Waals surface area contributed by atoms with E-state index in [2.05, 4.69) is 4.57 Å². The van der Waals surface area contributed by atoms with E-state index in [1.165, 1.54) is 0 Å². The fraction of sp³-hybridized carbons (Fsp3) is 0.286. The number of rotatable bonds is 3. The van der Waals surface area contributed by atoms with Crippen LogP contribution in [-0.2, 0) is 6.54 Å². The molecule has 0 unspecified atom stereocenters. The van der Waals surface area contributed by atoms with Crippen LogP contribution in [0.5, 0.6) is 0 Å². The average molecular weight is 231 g/mol. The van der Waals surface area contributed by atoms with Crippen molar-refractivity contribution in [2.24, 2.45) is 0 Å². The fourth-order valence-electron chi connectivity index (χ4n) is 2.18. The van der Waals surface area contributed by atoms with E-state index < -0.39 is 6.29 Å². The van der Waals surface area contributed by atoms with Crippen LogP contribution in [0.2, 0.25) is 0 Å². The lowest BCUT2D eigenvalue weighted by Gasteiger charge is -2.09. The van der Waals surface area contributed by atoms with Crippen molar-refractivity contribution in [3.05, 3.63) is 47.7 Å². The summed E-state index contributed by atoms with van der Waals surface area (Å²) in [4.78, 5) is 0. The molecule has 0 atom stereocenters. The maximum atomic E-state index is 9.33. The molecule has 0 fully saturated rings. The Morgan fingerprint density at radius 1 is 1.18 bits per heavy atom. The van der Waals surface area contributed by atoms with E-state index in [1.54, 1.807) is 0 Å². The van der Waals surface area contributed by atoms with Crippen molar-refractivity contribution >= 4 is 0 Å². The van der Waals surface area contributed by atoms with Gasteiger partial charge in [0, 0.05) is 23.5 Å². The molecule has 90 valence electrons. The Labute approximate surface area is 101 Å². The highest BCUT2D eigenvalue weighted by atomic mass is 16.5. The Hall–Kier alpha value is -1.58. The highest BCUT2D eigenvalue weighted by Crippen LogP contribution is 2.28. The number of nitrogens with zero attached hydrogens (tertiary/aromatic N) is 1. The molecule has 0 bridgehead atoms. The van der Waals surface area contributed by atoms with Gasteiger partial charge in [-0.1, -0.05) is 30.3 Å². The van der Waals surface area contributed by atoms with Gasteiger partial charge in [-0.2, -0.15) is 0 Å². The summed E-state index contributed by atoms with van der Waals surface area (Å²) in [6.45, 7) is 4.76. The standard InChI is InChI=1S/C14H17NO2/c1-3-15-10(2)12(14(16)17)9-13(15)11-7-5-4-6-8-11/h4-9,14,16-17H,3H2,1-2H3. The smallest absolute Gasteiger partial charge is 0.180 e. The second kappa shape index (κ2) is 4.73. The second-order valence-electron chi connectivity index (χ2n) is 4.05. The molecule has 1 aromatic heterocycles. The van der Waals surface area contributed by atoms with Gasteiger partial charge in [0.15, 0.2) is 6.29 Å². The van der Waals surface area contributed by atoms with Crippen molar-refractivity contribution in [2.45, 2.75) is 26.7 Å². The normalized spacial score (nSPS) is 11.1. The number of hydrogen-bond donors (Lipinski definition) is 2. The van der Waals surface area contributed by atoms with Gasteiger partial charge in [0.25, 0.3) is 0 Å². The Kier molecular flexibility index (Phi) is 3.31. The number of aromatic nitrogens is 1. The lowest BCUT2D eigenvalue weighted by atomic mass is 10.1. The third kappa shape index (κ3) is 2.12. The van der Waals surface area contributed by atoms with Crippen LogP contribution < -0.4 is 0 Å². The quantitative estimate of drug-likeness (QED) is 0.797. The predicted molar refractivity (Wildman–Crippen MR) is 67.5 cm³/mol. The summed E-state index contributed by atoms with van der Waals surface area (Å²) in [6, 6.07) is 11.8. The SMILES string of the molecule is CCn1c(-c2ccccc2)cc(C(O)O)c1C. The molecule has 0 aliphatic carbocycles. The largest absolute Gasteiger partial charge is 0.364 e. The molecule has 3 heteroatoms. The van der Waals surface area contributed by atoms with E-state index in [0.717, 1.165) is 23.5 Å². The number of aliphatic hydroxyl groups is 2. The second-order valence-corrected chi connectivity index (χ2v) is 4.05. The molecule has 0 saturated heterocycles. The minimum absolute atomic E-state index is 0.575. The summed E-state index contributed by atoms with van der Waals surface area (Å²) in [5.74, 6) is 0. The third-order valence-corrected chi connectivity index (χ3v) is 3.07. The maximum absolute atomic E-state index is 9.33. The number of benzene rings is 1. The summed E-state index contributed by atoms with van der Waals surface area (Å²) in [7, 11) is 0. The van der Waals surface area contributed by atoms with E-state index in [9.17, 15) is 10.2 Å². The maximum Gasteiger partial charge on any atom is 0.180 e. The zero-order valence-electron chi connectivity index (χ0n) is 10.1. The first-order valence-corrected chi connectivity index (χ1v) is 5.76. The van der Waals surface area contributed by atoms with Gasteiger partial charge < -0.3 is 14.8 Å². The molecule has 0 aliphatic rings. The van der Waals surface area contributed by atoms with Gasteiger partial charge in [0.2, 0.25) is 0 Å². The average Bonchev–Trinajstić information content (AvgIpc) is 2.67. The molecule has 1 heterocycles. The summed E-state index contributed by atoms with van der Waals surface area (Å²) in [5, 5.41) is 18.7.